The number of carbonyl (C=O) groups is 1. The Morgan fingerprint density at radius 3 is 2.32 bits per heavy atom. The molecule has 0 radical (unpaired) electrons. The highest BCUT2D eigenvalue weighted by molar-refractivity contribution is 6.81. The third kappa shape index (κ3) is 5.75. The maximum absolute atomic E-state index is 10.9. The highest BCUT2D eigenvalue weighted by Crippen LogP contribution is 2.17. The molecule has 0 bridgehead atoms. The third-order valence-corrected chi connectivity index (χ3v) is 7.23. The molecule has 0 aliphatic heterocycles. The fourth-order valence-electron chi connectivity index (χ4n) is 2.40. The first-order valence-corrected chi connectivity index (χ1v) is 9.66. The van der Waals surface area contributed by atoms with Gasteiger partial charge < -0.3 is 13.6 Å². The Morgan fingerprint density at radius 2 is 1.73 bits per heavy atom. The van der Waals surface area contributed by atoms with E-state index in [-0.39, 0.29) is 5.97 Å². The number of unbranched alkanes of at least 4 members (excludes halogenated alkanes) is 3. The lowest BCUT2D eigenvalue weighted by atomic mass is 10.2. The van der Waals surface area contributed by atoms with Crippen LogP contribution in [0.2, 0.25) is 6.04 Å². The van der Waals surface area contributed by atoms with Gasteiger partial charge in [-0.1, -0.05) is 56.2 Å². The first-order valence-electron chi connectivity index (χ1n) is 7.63. The van der Waals surface area contributed by atoms with Gasteiger partial charge in [0, 0.05) is 20.3 Å². The van der Waals surface area contributed by atoms with Gasteiger partial charge in [-0.05, 0) is 17.7 Å². The molecule has 0 aliphatic carbocycles. The number of carbonyl (C=O) groups excluding carboxylic acids is 1. The molecule has 1 rings (SSSR count). The minimum atomic E-state index is -2.31. The summed E-state index contributed by atoms with van der Waals surface area (Å²) in [6, 6.07) is 11.1. The van der Waals surface area contributed by atoms with Gasteiger partial charge in [-0.15, -0.1) is 0 Å². The van der Waals surface area contributed by atoms with Crippen LogP contribution >= 0.6 is 0 Å². The fraction of sp³-hybridized carbons (Fsp3) is 0.471. The maximum Gasteiger partial charge on any atom is 0.371 e. The molecular weight excluding hydrogens is 296 g/mol. The molecule has 0 saturated heterocycles. The van der Waals surface area contributed by atoms with Crippen LogP contribution in [0, 0.1) is 0 Å². The molecule has 0 aromatic heterocycles. The monoisotopic (exact) mass is 322 g/mol. The van der Waals surface area contributed by atoms with E-state index in [1.807, 2.05) is 18.2 Å². The third-order valence-electron chi connectivity index (χ3n) is 3.68. The van der Waals surface area contributed by atoms with Gasteiger partial charge in [0.1, 0.15) is 0 Å². The van der Waals surface area contributed by atoms with Crippen LogP contribution in [0.25, 0.3) is 0 Å². The summed E-state index contributed by atoms with van der Waals surface area (Å²) in [4.78, 5) is 10.9. The van der Waals surface area contributed by atoms with E-state index in [4.69, 9.17) is 13.6 Å². The van der Waals surface area contributed by atoms with E-state index in [0.29, 0.717) is 6.61 Å². The maximum atomic E-state index is 10.9. The Kier molecular flexibility index (Phi) is 8.73. The summed E-state index contributed by atoms with van der Waals surface area (Å²) in [6.45, 7) is 3.82. The van der Waals surface area contributed by atoms with Crippen molar-refractivity contribution in [2.45, 2.75) is 31.7 Å². The summed E-state index contributed by atoms with van der Waals surface area (Å²) in [5.74, 6) is -0.353. The molecule has 0 spiro atoms. The Hall–Kier alpha value is -1.43. The second kappa shape index (κ2) is 10.3. The topological polar surface area (TPSA) is 44.8 Å². The van der Waals surface area contributed by atoms with Crippen LogP contribution in [0.5, 0.6) is 0 Å². The predicted molar refractivity (Wildman–Crippen MR) is 90.3 cm³/mol. The van der Waals surface area contributed by atoms with E-state index >= 15 is 0 Å². The van der Waals surface area contributed by atoms with Crippen LogP contribution in [0.1, 0.15) is 25.7 Å². The van der Waals surface area contributed by atoms with Crippen LogP contribution in [0.4, 0.5) is 0 Å². The molecule has 0 unspecified atom stereocenters. The summed E-state index contributed by atoms with van der Waals surface area (Å²) < 4.78 is 16.5. The molecule has 0 saturated carbocycles. The van der Waals surface area contributed by atoms with E-state index < -0.39 is 8.56 Å². The summed E-state index contributed by atoms with van der Waals surface area (Å²) in [5, 5.41) is 1.17. The lowest BCUT2D eigenvalue weighted by Crippen LogP contribution is -2.52. The van der Waals surface area contributed by atoms with Gasteiger partial charge in [-0.2, -0.15) is 0 Å². The van der Waals surface area contributed by atoms with Crippen LogP contribution < -0.4 is 5.19 Å². The van der Waals surface area contributed by atoms with Crippen molar-refractivity contribution in [1.29, 1.82) is 0 Å². The van der Waals surface area contributed by atoms with E-state index in [1.165, 1.54) is 11.3 Å². The molecule has 1 aromatic carbocycles. The Morgan fingerprint density at radius 1 is 1.09 bits per heavy atom. The van der Waals surface area contributed by atoms with Crippen LogP contribution in [0.3, 0.4) is 0 Å². The Labute approximate surface area is 134 Å². The lowest BCUT2D eigenvalue weighted by Gasteiger charge is -2.27. The summed E-state index contributed by atoms with van der Waals surface area (Å²) in [5.41, 5.74) is 0. The molecule has 0 atom stereocenters. The van der Waals surface area contributed by atoms with Crippen molar-refractivity contribution in [1.82, 2.24) is 0 Å². The van der Waals surface area contributed by atoms with Crippen molar-refractivity contribution < 1.29 is 18.4 Å². The fourth-order valence-corrected chi connectivity index (χ4v) is 5.16. The first-order chi connectivity index (χ1) is 10.7. The van der Waals surface area contributed by atoms with Gasteiger partial charge in [0.2, 0.25) is 0 Å². The lowest BCUT2D eigenvalue weighted by molar-refractivity contribution is -0.137. The van der Waals surface area contributed by atoms with E-state index in [9.17, 15) is 4.79 Å². The van der Waals surface area contributed by atoms with Crippen molar-refractivity contribution >= 4 is 19.7 Å². The first kappa shape index (κ1) is 18.6. The van der Waals surface area contributed by atoms with Crippen molar-refractivity contribution in [3.63, 3.8) is 0 Å². The summed E-state index contributed by atoms with van der Waals surface area (Å²) >= 11 is 0. The molecule has 0 heterocycles. The number of benzene rings is 1. The highest BCUT2D eigenvalue weighted by Gasteiger charge is 2.37. The molecular formula is C17H26O4Si. The molecule has 0 fully saturated rings. The molecule has 0 N–H and O–H groups in total. The van der Waals surface area contributed by atoms with Gasteiger partial charge >= 0.3 is 14.5 Å². The van der Waals surface area contributed by atoms with Gasteiger partial charge in [0.05, 0.1) is 6.61 Å². The zero-order chi connectivity index (χ0) is 16.3. The smallest absolute Gasteiger partial charge is 0.371 e. The molecule has 0 amide bonds. The molecule has 1 aromatic rings. The molecule has 22 heavy (non-hydrogen) atoms. The van der Waals surface area contributed by atoms with Crippen LogP contribution in [-0.4, -0.2) is 35.4 Å². The number of ether oxygens (including phenoxy) is 1. The van der Waals surface area contributed by atoms with Gasteiger partial charge in [-0.25, -0.2) is 4.79 Å². The van der Waals surface area contributed by atoms with Crippen LogP contribution in [-0.2, 0) is 18.4 Å². The average molecular weight is 322 g/mol. The minimum Gasteiger partial charge on any atom is -0.463 e. The van der Waals surface area contributed by atoms with Crippen LogP contribution in [0.15, 0.2) is 43.0 Å². The number of rotatable bonds is 11. The second-order valence-corrected chi connectivity index (χ2v) is 8.46. The number of hydrogen-bond donors (Lipinski definition) is 0. The Bertz CT molecular complexity index is 443. The largest absolute Gasteiger partial charge is 0.463 e. The number of esters is 1. The standard InChI is InChI=1S/C17H26O4Si/c1-4-17(18)21-14-10-5-6-11-15-22(19-2,20-3)16-12-8-7-9-13-16/h4,7-9,12-13H,1,5-6,10-11,14-15H2,2-3H3. The zero-order valence-corrected chi connectivity index (χ0v) is 14.5. The van der Waals surface area contributed by atoms with E-state index in [2.05, 4.69) is 18.7 Å². The van der Waals surface area contributed by atoms with E-state index in [0.717, 1.165) is 31.7 Å². The van der Waals surface area contributed by atoms with Gasteiger partial charge in [-0.3, -0.25) is 0 Å². The Balaban J connectivity index is 2.34. The van der Waals surface area contributed by atoms with Crippen molar-refractivity contribution in [3.05, 3.63) is 43.0 Å². The van der Waals surface area contributed by atoms with Gasteiger partial charge in [0.25, 0.3) is 0 Å². The van der Waals surface area contributed by atoms with Crippen molar-refractivity contribution in [2.24, 2.45) is 0 Å². The zero-order valence-electron chi connectivity index (χ0n) is 13.5. The normalized spacial score (nSPS) is 11.2. The average Bonchev–Trinajstić information content (AvgIpc) is 2.58. The molecule has 4 nitrogen and oxygen atoms in total. The van der Waals surface area contributed by atoms with Crippen molar-refractivity contribution in [2.75, 3.05) is 20.8 Å². The highest BCUT2D eigenvalue weighted by atomic mass is 28.4. The van der Waals surface area contributed by atoms with Crippen molar-refractivity contribution in [3.8, 4) is 0 Å². The number of hydrogen-bond acceptors (Lipinski definition) is 4. The summed E-state index contributed by atoms with van der Waals surface area (Å²) in [7, 11) is 1.16. The minimum absolute atomic E-state index is 0.353. The quantitative estimate of drug-likeness (QED) is 0.272. The molecule has 5 heteroatoms. The molecule has 0 aliphatic rings. The second-order valence-electron chi connectivity index (χ2n) is 5.06. The predicted octanol–water partition coefficient (Wildman–Crippen LogP) is 2.92. The SMILES string of the molecule is C=CC(=O)OCCCCCC[Si](OC)(OC)c1ccccc1. The van der Waals surface area contributed by atoms with Gasteiger partial charge in [0.15, 0.2) is 0 Å². The molecule has 122 valence electrons. The summed E-state index contributed by atoms with van der Waals surface area (Å²) in [6.07, 6.45) is 5.20. The van der Waals surface area contributed by atoms with E-state index in [1.54, 1.807) is 14.2 Å².